The predicted molar refractivity (Wildman–Crippen MR) is 73.8 cm³/mol. The molecule has 0 bridgehead atoms. The lowest BCUT2D eigenvalue weighted by Crippen LogP contribution is -2.59. The van der Waals surface area contributed by atoms with Gasteiger partial charge >= 0.3 is 0 Å². The van der Waals surface area contributed by atoms with Crippen LogP contribution in [0.2, 0.25) is 0 Å². The van der Waals surface area contributed by atoms with Gasteiger partial charge in [0.05, 0.1) is 44.6 Å². The Labute approximate surface area is 124 Å². The Balaban J connectivity index is 2.11. The largest absolute Gasteiger partial charge is 0.396 e. The van der Waals surface area contributed by atoms with E-state index in [9.17, 15) is 15.3 Å². The van der Waals surface area contributed by atoms with Gasteiger partial charge < -0.3 is 40.2 Å². The molecule has 2 fully saturated rings. The van der Waals surface area contributed by atoms with Crippen LogP contribution in [0.1, 0.15) is 0 Å². The maximum Gasteiger partial charge on any atom is 0.170 e. The zero-order chi connectivity index (χ0) is 15.1. The molecule has 3 unspecified atom stereocenters. The van der Waals surface area contributed by atoms with Crippen molar-refractivity contribution in [1.29, 1.82) is 0 Å². The van der Waals surface area contributed by atoms with Crippen molar-refractivity contribution in [1.82, 2.24) is 10.6 Å². The van der Waals surface area contributed by atoms with Crippen molar-refractivity contribution in [3.63, 3.8) is 0 Å². The average molecular weight is 306 g/mol. The summed E-state index contributed by atoms with van der Waals surface area (Å²) in [5.41, 5.74) is -1.18. The maximum atomic E-state index is 9.67. The first-order chi connectivity index (χ1) is 10.3. The van der Waals surface area contributed by atoms with Crippen LogP contribution in [-0.2, 0) is 14.2 Å². The van der Waals surface area contributed by atoms with Crippen molar-refractivity contribution in [2.75, 3.05) is 59.2 Å². The molecule has 0 aromatic carbocycles. The molecule has 2 aliphatic rings. The Morgan fingerprint density at radius 2 is 1.62 bits per heavy atom. The normalized spacial score (nSPS) is 29.3. The number of hydrogen-bond acceptors (Lipinski definition) is 8. The lowest BCUT2D eigenvalue weighted by atomic mass is 9.81. The first-order valence-corrected chi connectivity index (χ1v) is 7.38. The van der Waals surface area contributed by atoms with Crippen molar-refractivity contribution < 1.29 is 29.5 Å². The Morgan fingerprint density at radius 1 is 1.00 bits per heavy atom. The summed E-state index contributed by atoms with van der Waals surface area (Å²) in [6.45, 7) is 2.42. The van der Waals surface area contributed by atoms with E-state index in [1.807, 2.05) is 0 Å². The minimum Gasteiger partial charge on any atom is -0.396 e. The number of morpholine rings is 2. The van der Waals surface area contributed by atoms with Crippen LogP contribution in [0.5, 0.6) is 0 Å². The van der Waals surface area contributed by atoms with Gasteiger partial charge in [-0.1, -0.05) is 0 Å². The third-order valence-electron chi connectivity index (χ3n) is 4.03. The highest BCUT2D eigenvalue weighted by Crippen LogP contribution is 2.29. The highest BCUT2D eigenvalue weighted by Gasteiger charge is 2.45. The van der Waals surface area contributed by atoms with Crippen molar-refractivity contribution in [2.24, 2.45) is 5.41 Å². The standard InChI is InChI=1S/C13H26N2O6/c16-7-13(8-17,9-18)12(10-5-14-1-3-19-10)21-11-6-15-2-4-20-11/h10-12,14-18H,1-9H2. The first kappa shape index (κ1) is 17.0. The Morgan fingerprint density at radius 3 is 2.10 bits per heavy atom. The van der Waals surface area contributed by atoms with Gasteiger partial charge in [-0.15, -0.1) is 0 Å². The number of aliphatic hydroxyl groups excluding tert-OH is 3. The monoisotopic (exact) mass is 306 g/mol. The highest BCUT2D eigenvalue weighted by atomic mass is 16.7. The molecule has 0 saturated carbocycles. The van der Waals surface area contributed by atoms with E-state index in [4.69, 9.17) is 14.2 Å². The molecule has 0 amide bonds. The fourth-order valence-electron chi connectivity index (χ4n) is 2.62. The number of ether oxygens (including phenoxy) is 3. The topological polar surface area (TPSA) is 112 Å². The van der Waals surface area contributed by atoms with Gasteiger partial charge in [0.15, 0.2) is 6.29 Å². The van der Waals surface area contributed by atoms with E-state index in [1.54, 1.807) is 0 Å². The van der Waals surface area contributed by atoms with Crippen molar-refractivity contribution >= 4 is 0 Å². The lowest BCUT2D eigenvalue weighted by molar-refractivity contribution is -0.251. The molecule has 8 nitrogen and oxygen atoms in total. The van der Waals surface area contributed by atoms with E-state index in [1.165, 1.54) is 0 Å². The Bertz CT molecular complexity index is 282. The second-order valence-electron chi connectivity index (χ2n) is 5.51. The predicted octanol–water partition coefficient (Wildman–Crippen LogP) is -2.73. The summed E-state index contributed by atoms with van der Waals surface area (Å²) >= 11 is 0. The number of nitrogens with one attached hydrogen (secondary N) is 2. The van der Waals surface area contributed by atoms with Crippen LogP contribution in [0.25, 0.3) is 0 Å². The van der Waals surface area contributed by atoms with Gasteiger partial charge in [0.1, 0.15) is 6.10 Å². The molecule has 2 saturated heterocycles. The summed E-state index contributed by atoms with van der Waals surface area (Å²) in [5.74, 6) is 0. The van der Waals surface area contributed by atoms with Crippen molar-refractivity contribution in [3.05, 3.63) is 0 Å². The summed E-state index contributed by atoms with van der Waals surface area (Å²) in [5, 5.41) is 35.4. The molecule has 2 heterocycles. The molecule has 3 atom stereocenters. The quantitative estimate of drug-likeness (QED) is 0.345. The third kappa shape index (κ3) is 4.11. The molecular formula is C13H26N2O6. The molecule has 0 radical (unpaired) electrons. The molecular weight excluding hydrogens is 280 g/mol. The molecule has 2 rings (SSSR count). The van der Waals surface area contributed by atoms with Crippen LogP contribution in [0.4, 0.5) is 0 Å². The van der Waals surface area contributed by atoms with Gasteiger partial charge in [0, 0.05) is 26.2 Å². The number of rotatable bonds is 7. The van der Waals surface area contributed by atoms with E-state index in [2.05, 4.69) is 10.6 Å². The van der Waals surface area contributed by atoms with Crippen LogP contribution in [0.3, 0.4) is 0 Å². The molecule has 0 spiro atoms. The van der Waals surface area contributed by atoms with Crippen LogP contribution in [0.15, 0.2) is 0 Å². The summed E-state index contributed by atoms with van der Waals surface area (Å²) in [4.78, 5) is 0. The van der Waals surface area contributed by atoms with Gasteiger partial charge in [0.25, 0.3) is 0 Å². The Hall–Kier alpha value is -0.320. The first-order valence-electron chi connectivity index (χ1n) is 7.38. The summed E-state index contributed by atoms with van der Waals surface area (Å²) in [6, 6.07) is 0. The van der Waals surface area contributed by atoms with Gasteiger partial charge in [0.2, 0.25) is 0 Å². The highest BCUT2D eigenvalue weighted by molar-refractivity contribution is 4.93. The summed E-state index contributed by atoms with van der Waals surface area (Å²) in [6.07, 6.45) is -1.52. The van der Waals surface area contributed by atoms with E-state index in [0.29, 0.717) is 26.3 Å². The molecule has 0 aromatic rings. The number of hydrogen-bond donors (Lipinski definition) is 5. The van der Waals surface area contributed by atoms with Gasteiger partial charge in [-0.2, -0.15) is 0 Å². The smallest absolute Gasteiger partial charge is 0.170 e. The van der Waals surface area contributed by atoms with Crippen molar-refractivity contribution in [3.8, 4) is 0 Å². The van der Waals surface area contributed by atoms with E-state index >= 15 is 0 Å². The minimum absolute atomic E-state index is 0.365. The molecule has 5 N–H and O–H groups in total. The molecule has 21 heavy (non-hydrogen) atoms. The minimum atomic E-state index is -1.18. The van der Waals surface area contributed by atoms with Gasteiger partial charge in [-0.05, 0) is 0 Å². The number of aliphatic hydroxyl groups is 3. The lowest BCUT2D eigenvalue weighted by Gasteiger charge is -2.43. The van der Waals surface area contributed by atoms with E-state index < -0.39 is 37.6 Å². The average Bonchev–Trinajstić information content (AvgIpc) is 2.57. The SMILES string of the molecule is OCC(CO)(CO)C(OC1CNCCO1)C1CNCCO1. The molecule has 2 aliphatic heterocycles. The fourth-order valence-corrected chi connectivity index (χ4v) is 2.62. The molecule has 0 aliphatic carbocycles. The second-order valence-corrected chi connectivity index (χ2v) is 5.51. The van der Waals surface area contributed by atoms with Crippen molar-refractivity contribution in [2.45, 2.75) is 18.5 Å². The Kier molecular flexibility index (Phi) is 6.77. The van der Waals surface area contributed by atoms with Crippen LogP contribution < -0.4 is 10.6 Å². The second kappa shape index (κ2) is 8.35. The third-order valence-corrected chi connectivity index (χ3v) is 4.03. The summed E-state index contributed by atoms with van der Waals surface area (Å²) in [7, 11) is 0. The zero-order valence-electron chi connectivity index (χ0n) is 12.2. The molecule has 124 valence electrons. The van der Waals surface area contributed by atoms with Crippen LogP contribution in [-0.4, -0.2) is 93.0 Å². The van der Waals surface area contributed by atoms with Gasteiger partial charge in [-0.25, -0.2) is 0 Å². The zero-order valence-corrected chi connectivity index (χ0v) is 12.2. The van der Waals surface area contributed by atoms with E-state index in [0.717, 1.165) is 13.1 Å². The summed E-state index contributed by atoms with van der Waals surface area (Å²) < 4.78 is 17.2. The van der Waals surface area contributed by atoms with Crippen LogP contribution in [0, 0.1) is 5.41 Å². The molecule has 8 heteroatoms. The van der Waals surface area contributed by atoms with E-state index in [-0.39, 0.29) is 6.10 Å². The van der Waals surface area contributed by atoms with Gasteiger partial charge in [-0.3, -0.25) is 0 Å². The molecule has 0 aromatic heterocycles. The fraction of sp³-hybridized carbons (Fsp3) is 1.00. The maximum absolute atomic E-state index is 9.67. The van der Waals surface area contributed by atoms with Crippen LogP contribution >= 0.6 is 0 Å².